The number of carbonyl (C=O) groups excluding carboxylic acids is 1. The Hall–Kier alpha value is -1.64. The molecule has 0 aromatic heterocycles. The Labute approximate surface area is 156 Å². The number of amides is 1. The lowest BCUT2D eigenvalue weighted by molar-refractivity contribution is -0.126. The Morgan fingerprint density at radius 1 is 1.38 bits per heavy atom. The van der Waals surface area contributed by atoms with Gasteiger partial charge in [0.05, 0.1) is 12.0 Å². The van der Waals surface area contributed by atoms with E-state index in [-0.39, 0.29) is 24.4 Å². The molecule has 2 atom stereocenters. The van der Waals surface area contributed by atoms with E-state index in [1.54, 1.807) is 0 Å². The van der Waals surface area contributed by atoms with E-state index in [4.69, 9.17) is 4.74 Å². The molecule has 1 aliphatic rings. The maximum Gasteiger partial charge on any atom is 0.281 e. The van der Waals surface area contributed by atoms with Crippen molar-refractivity contribution in [1.29, 1.82) is 0 Å². The second-order valence-electron chi connectivity index (χ2n) is 6.97. The van der Waals surface area contributed by atoms with Gasteiger partial charge >= 0.3 is 0 Å². The second kappa shape index (κ2) is 8.83. The average Bonchev–Trinajstić information content (AvgIpc) is 2.61. The third-order valence-corrected chi connectivity index (χ3v) is 6.42. The van der Waals surface area contributed by atoms with Gasteiger partial charge in [-0.2, -0.15) is 17.0 Å². The van der Waals surface area contributed by atoms with Crippen molar-refractivity contribution in [2.75, 3.05) is 33.8 Å². The molecular formula is C18H29N3O4S. The minimum absolute atomic E-state index is 0.121. The average molecular weight is 384 g/mol. The number of hydrogen-bond donors (Lipinski definition) is 1. The molecule has 0 saturated carbocycles. The second-order valence-corrected chi connectivity index (χ2v) is 9.12. The molecule has 1 saturated heterocycles. The molecule has 1 N–H and O–H groups in total. The summed E-state index contributed by atoms with van der Waals surface area (Å²) in [6.07, 6.45) is 1.37. The zero-order valence-electron chi connectivity index (χ0n) is 15.9. The molecule has 1 heterocycles. The molecule has 0 spiro atoms. The van der Waals surface area contributed by atoms with Gasteiger partial charge in [0.1, 0.15) is 12.4 Å². The van der Waals surface area contributed by atoms with Gasteiger partial charge in [-0.25, -0.2) is 0 Å². The van der Waals surface area contributed by atoms with Crippen LogP contribution in [0.15, 0.2) is 24.3 Å². The summed E-state index contributed by atoms with van der Waals surface area (Å²) in [4.78, 5) is 12.5. The fourth-order valence-corrected chi connectivity index (χ4v) is 4.12. The van der Waals surface area contributed by atoms with E-state index in [9.17, 15) is 13.2 Å². The molecule has 8 heteroatoms. The molecule has 1 amide bonds. The fourth-order valence-electron chi connectivity index (χ4n) is 2.93. The molecule has 1 aromatic rings. The third-order valence-electron chi connectivity index (χ3n) is 4.51. The Bertz CT molecular complexity index is 721. The normalized spacial score (nSPS) is 20.0. The van der Waals surface area contributed by atoms with Crippen molar-refractivity contribution in [2.45, 2.75) is 32.7 Å². The molecule has 7 nitrogen and oxygen atoms in total. The van der Waals surface area contributed by atoms with Crippen molar-refractivity contribution in [2.24, 2.45) is 5.92 Å². The number of carbonyl (C=O) groups is 1. The lowest BCUT2D eigenvalue weighted by atomic mass is 9.98. The standard InChI is InChI=1S/C18H29N3O4S/c1-14-8-5-6-10-17(14)25-13-15(2)19-18(22)16-9-7-11-21(12-16)26(23,24)20(3)4/h5-6,8,10,15-16H,7,9,11-13H2,1-4H3,(H,19,22). The minimum atomic E-state index is -3.48. The van der Waals surface area contributed by atoms with Crippen LogP contribution < -0.4 is 10.1 Å². The van der Waals surface area contributed by atoms with Crippen molar-refractivity contribution in [3.05, 3.63) is 29.8 Å². The van der Waals surface area contributed by atoms with Crippen molar-refractivity contribution < 1.29 is 17.9 Å². The summed E-state index contributed by atoms with van der Waals surface area (Å²) in [5.41, 5.74) is 1.04. The Kier molecular flexibility index (Phi) is 7.02. The number of nitrogens with zero attached hydrogens (tertiary/aromatic N) is 2. The molecule has 0 radical (unpaired) electrons. The maximum absolute atomic E-state index is 12.5. The van der Waals surface area contributed by atoms with E-state index in [0.717, 1.165) is 11.3 Å². The predicted octanol–water partition coefficient (Wildman–Crippen LogP) is 1.40. The topological polar surface area (TPSA) is 79.0 Å². The smallest absolute Gasteiger partial charge is 0.281 e. The predicted molar refractivity (Wildman–Crippen MR) is 101 cm³/mol. The first kappa shape index (κ1) is 20.7. The molecule has 2 rings (SSSR count). The summed E-state index contributed by atoms with van der Waals surface area (Å²) in [5, 5.41) is 2.94. The third kappa shape index (κ3) is 5.18. The molecule has 0 aliphatic carbocycles. The first-order chi connectivity index (χ1) is 12.2. The number of benzene rings is 1. The highest BCUT2D eigenvalue weighted by molar-refractivity contribution is 7.86. The number of rotatable bonds is 7. The van der Waals surface area contributed by atoms with Crippen LogP contribution in [0.1, 0.15) is 25.3 Å². The van der Waals surface area contributed by atoms with E-state index in [1.807, 2.05) is 38.1 Å². The van der Waals surface area contributed by atoms with E-state index in [0.29, 0.717) is 26.0 Å². The Balaban J connectivity index is 1.87. The van der Waals surface area contributed by atoms with Gasteiger partial charge in [-0.15, -0.1) is 0 Å². The highest BCUT2D eigenvalue weighted by Crippen LogP contribution is 2.21. The SMILES string of the molecule is Cc1ccccc1OCC(C)NC(=O)C1CCCN(S(=O)(=O)N(C)C)C1. The first-order valence-electron chi connectivity index (χ1n) is 8.88. The summed E-state index contributed by atoms with van der Waals surface area (Å²) >= 11 is 0. The highest BCUT2D eigenvalue weighted by Gasteiger charge is 2.33. The van der Waals surface area contributed by atoms with E-state index in [1.165, 1.54) is 22.7 Å². The maximum atomic E-state index is 12.5. The molecule has 146 valence electrons. The van der Waals surface area contributed by atoms with E-state index < -0.39 is 10.2 Å². The number of para-hydroxylation sites is 1. The van der Waals surface area contributed by atoms with E-state index >= 15 is 0 Å². The molecular weight excluding hydrogens is 354 g/mol. The first-order valence-corrected chi connectivity index (χ1v) is 10.3. The van der Waals surface area contributed by atoms with Gasteiger partial charge in [0.15, 0.2) is 0 Å². The van der Waals surface area contributed by atoms with Gasteiger partial charge in [0.25, 0.3) is 10.2 Å². The van der Waals surface area contributed by atoms with Crippen LogP contribution >= 0.6 is 0 Å². The van der Waals surface area contributed by atoms with Crippen LogP contribution in [-0.2, 0) is 15.0 Å². The Morgan fingerprint density at radius 2 is 2.08 bits per heavy atom. The van der Waals surface area contributed by atoms with E-state index in [2.05, 4.69) is 5.32 Å². The number of nitrogens with one attached hydrogen (secondary N) is 1. The van der Waals surface area contributed by atoms with Crippen LogP contribution in [0.25, 0.3) is 0 Å². The van der Waals surface area contributed by atoms with Crippen molar-refractivity contribution in [1.82, 2.24) is 13.9 Å². The van der Waals surface area contributed by atoms with Crippen LogP contribution in [0.4, 0.5) is 0 Å². The van der Waals surface area contributed by atoms with Gasteiger partial charge in [-0.3, -0.25) is 4.79 Å². The largest absolute Gasteiger partial charge is 0.491 e. The number of hydrogen-bond acceptors (Lipinski definition) is 4. The van der Waals surface area contributed by atoms with Crippen LogP contribution in [0.3, 0.4) is 0 Å². The molecule has 26 heavy (non-hydrogen) atoms. The summed E-state index contributed by atoms with van der Waals surface area (Å²) in [5.74, 6) is 0.346. The molecule has 1 fully saturated rings. The van der Waals surface area contributed by atoms with Crippen molar-refractivity contribution in [3.8, 4) is 5.75 Å². The van der Waals surface area contributed by atoms with Crippen molar-refractivity contribution >= 4 is 16.1 Å². The highest BCUT2D eigenvalue weighted by atomic mass is 32.2. The van der Waals surface area contributed by atoms with Gasteiger partial charge in [-0.05, 0) is 38.3 Å². The number of ether oxygens (including phenoxy) is 1. The van der Waals surface area contributed by atoms with Crippen molar-refractivity contribution in [3.63, 3.8) is 0 Å². The molecule has 2 unspecified atom stereocenters. The van der Waals surface area contributed by atoms with Gasteiger partial charge in [-0.1, -0.05) is 18.2 Å². The minimum Gasteiger partial charge on any atom is -0.491 e. The summed E-state index contributed by atoms with van der Waals surface area (Å²) in [6.45, 7) is 4.89. The zero-order chi connectivity index (χ0) is 19.3. The van der Waals surface area contributed by atoms with Gasteiger partial charge < -0.3 is 10.1 Å². The monoisotopic (exact) mass is 383 g/mol. The number of piperidine rings is 1. The molecule has 1 aliphatic heterocycles. The van der Waals surface area contributed by atoms with Crippen LogP contribution in [0.2, 0.25) is 0 Å². The van der Waals surface area contributed by atoms with Crippen LogP contribution in [-0.4, -0.2) is 62.8 Å². The summed E-state index contributed by atoms with van der Waals surface area (Å²) in [6, 6.07) is 7.56. The quantitative estimate of drug-likeness (QED) is 0.772. The number of aryl methyl sites for hydroxylation is 1. The van der Waals surface area contributed by atoms with Gasteiger partial charge in [0.2, 0.25) is 5.91 Å². The van der Waals surface area contributed by atoms with Crippen LogP contribution in [0, 0.1) is 12.8 Å². The molecule has 1 aromatic carbocycles. The fraction of sp³-hybridized carbons (Fsp3) is 0.611. The lowest BCUT2D eigenvalue weighted by Gasteiger charge is -2.33. The lowest BCUT2D eigenvalue weighted by Crippen LogP contribution is -2.50. The molecule has 0 bridgehead atoms. The summed E-state index contributed by atoms with van der Waals surface area (Å²) in [7, 11) is -0.476. The zero-order valence-corrected chi connectivity index (χ0v) is 16.8. The van der Waals surface area contributed by atoms with Crippen LogP contribution in [0.5, 0.6) is 5.75 Å². The summed E-state index contributed by atoms with van der Waals surface area (Å²) < 4.78 is 32.9. The Morgan fingerprint density at radius 3 is 2.73 bits per heavy atom. The van der Waals surface area contributed by atoms with Gasteiger partial charge in [0, 0.05) is 27.2 Å².